The Labute approximate surface area is 137 Å². The quantitative estimate of drug-likeness (QED) is 0.384. The van der Waals surface area contributed by atoms with E-state index in [0.717, 1.165) is 17.8 Å². The summed E-state index contributed by atoms with van der Waals surface area (Å²) in [5.74, 6) is -0.280. The minimum absolute atomic E-state index is 0.0246. The number of hydrogen-bond donors (Lipinski definition) is 1. The highest BCUT2D eigenvalue weighted by atomic mass is 32.2. The van der Waals surface area contributed by atoms with Crippen molar-refractivity contribution in [2.24, 2.45) is 0 Å². The Morgan fingerprint density at radius 2 is 1.96 bits per heavy atom. The lowest BCUT2D eigenvalue weighted by Gasteiger charge is -2.21. The monoisotopic (exact) mass is 349 g/mol. The van der Waals surface area contributed by atoms with Crippen LogP contribution in [0, 0.1) is 0 Å². The third kappa shape index (κ3) is 9.76. The molecule has 1 saturated heterocycles. The molecule has 1 heterocycles. The molecule has 0 saturated carbocycles. The highest BCUT2D eigenvalue weighted by Gasteiger charge is 2.19. The molecule has 23 heavy (non-hydrogen) atoms. The summed E-state index contributed by atoms with van der Waals surface area (Å²) in [5.41, 5.74) is 0. The molecule has 0 unspecified atom stereocenters. The van der Waals surface area contributed by atoms with Gasteiger partial charge in [0.25, 0.3) is 5.24 Å². The molecule has 1 amide bonds. The zero-order chi connectivity index (χ0) is 16.9. The van der Waals surface area contributed by atoms with Gasteiger partial charge in [-0.15, -0.1) is 0 Å². The van der Waals surface area contributed by atoms with Crippen LogP contribution in [0.15, 0.2) is 12.7 Å². The SMILES string of the molecule is C=CC(=O)OCCNC(=O)SCCOC(=O)OC1COCOC1. The Hall–Kier alpha value is -1.78. The van der Waals surface area contributed by atoms with Gasteiger partial charge in [-0.2, -0.15) is 0 Å². The predicted molar refractivity (Wildman–Crippen MR) is 80.0 cm³/mol. The van der Waals surface area contributed by atoms with Crippen LogP contribution in [0.25, 0.3) is 0 Å². The Morgan fingerprint density at radius 1 is 1.22 bits per heavy atom. The van der Waals surface area contributed by atoms with Crippen LogP contribution in [0.2, 0.25) is 0 Å². The Bertz CT molecular complexity index is 411. The molecule has 1 aliphatic heterocycles. The summed E-state index contributed by atoms with van der Waals surface area (Å²) in [6.45, 7) is 4.24. The summed E-state index contributed by atoms with van der Waals surface area (Å²) in [5, 5.41) is 2.21. The van der Waals surface area contributed by atoms with E-state index in [4.69, 9.17) is 18.9 Å². The largest absolute Gasteiger partial charge is 0.508 e. The first-order chi connectivity index (χ1) is 11.1. The number of ether oxygens (including phenoxy) is 5. The Kier molecular flexibility index (Phi) is 9.84. The zero-order valence-corrected chi connectivity index (χ0v) is 13.3. The lowest BCUT2D eigenvalue weighted by atomic mass is 10.4. The fourth-order valence-corrected chi connectivity index (χ4v) is 1.93. The summed E-state index contributed by atoms with van der Waals surface area (Å²) in [7, 11) is 0. The first-order valence-electron chi connectivity index (χ1n) is 6.80. The van der Waals surface area contributed by atoms with Crippen LogP contribution in [0.4, 0.5) is 9.59 Å². The van der Waals surface area contributed by atoms with E-state index >= 15 is 0 Å². The fraction of sp³-hybridized carbons (Fsp3) is 0.615. The van der Waals surface area contributed by atoms with Crippen molar-refractivity contribution in [3.8, 4) is 0 Å². The maximum absolute atomic E-state index is 11.4. The van der Waals surface area contributed by atoms with Gasteiger partial charge in [-0.05, 0) is 0 Å². The molecule has 0 aliphatic carbocycles. The summed E-state index contributed by atoms with van der Waals surface area (Å²) >= 11 is 0.936. The van der Waals surface area contributed by atoms with Crippen molar-refractivity contribution in [1.29, 1.82) is 0 Å². The number of amides is 1. The van der Waals surface area contributed by atoms with Crippen LogP contribution in [-0.2, 0) is 28.5 Å². The van der Waals surface area contributed by atoms with Crippen molar-refractivity contribution in [3.63, 3.8) is 0 Å². The molecule has 1 fully saturated rings. The number of carbonyl (C=O) groups excluding carboxylic acids is 3. The van der Waals surface area contributed by atoms with Crippen LogP contribution >= 0.6 is 11.8 Å². The number of esters is 1. The van der Waals surface area contributed by atoms with Crippen molar-refractivity contribution in [1.82, 2.24) is 5.32 Å². The smallest absolute Gasteiger partial charge is 0.461 e. The molecule has 0 aromatic rings. The van der Waals surface area contributed by atoms with E-state index in [1.165, 1.54) is 0 Å². The van der Waals surface area contributed by atoms with Crippen molar-refractivity contribution in [3.05, 3.63) is 12.7 Å². The first kappa shape index (κ1) is 19.3. The van der Waals surface area contributed by atoms with E-state index < -0.39 is 18.2 Å². The Balaban J connectivity index is 1.96. The van der Waals surface area contributed by atoms with Gasteiger partial charge in [-0.25, -0.2) is 9.59 Å². The number of nitrogens with one attached hydrogen (secondary N) is 1. The van der Waals surface area contributed by atoms with E-state index in [2.05, 4.69) is 16.6 Å². The molecule has 1 N–H and O–H groups in total. The topological polar surface area (TPSA) is 109 Å². The number of rotatable bonds is 8. The average Bonchev–Trinajstić information content (AvgIpc) is 2.56. The predicted octanol–water partition coefficient (Wildman–Crippen LogP) is 0.684. The molecule has 0 radical (unpaired) electrons. The third-order valence-electron chi connectivity index (χ3n) is 2.36. The maximum Gasteiger partial charge on any atom is 0.508 e. The minimum Gasteiger partial charge on any atom is -0.461 e. The third-order valence-corrected chi connectivity index (χ3v) is 3.13. The molecule has 0 aromatic heterocycles. The van der Waals surface area contributed by atoms with E-state index in [1.54, 1.807) is 0 Å². The summed E-state index contributed by atoms with van der Waals surface area (Å²) in [6.07, 6.45) is -0.273. The molecule has 0 spiro atoms. The number of hydrogen-bond acceptors (Lipinski definition) is 9. The second-order valence-corrected chi connectivity index (χ2v) is 5.20. The van der Waals surface area contributed by atoms with Gasteiger partial charge in [0.2, 0.25) is 0 Å². The zero-order valence-electron chi connectivity index (χ0n) is 12.5. The van der Waals surface area contributed by atoms with Gasteiger partial charge in [-0.3, -0.25) is 4.79 Å². The fourth-order valence-electron chi connectivity index (χ4n) is 1.38. The normalized spacial score (nSPS) is 14.6. The van der Waals surface area contributed by atoms with Crippen molar-refractivity contribution < 1.29 is 38.1 Å². The summed E-state index contributed by atoms with van der Waals surface area (Å²) in [6, 6.07) is 0. The lowest BCUT2D eigenvalue weighted by Crippen LogP contribution is -2.33. The van der Waals surface area contributed by atoms with Gasteiger partial charge in [0.15, 0.2) is 6.10 Å². The average molecular weight is 349 g/mol. The summed E-state index contributed by atoms with van der Waals surface area (Å²) in [4.78, 5) is 33.5. The van der Waals surface area contributed by atoms with Crippen molar-refractivity contribution in [2.45, 2.75) is 6.10 Å². The van der Waals surface area contributed by atoms with Gasteiger partial charge < -0.3 is 29.0 Å². The number of thioether (sulfide) groups is 1. The number of carbonyl (C=O) groups is 3. The second kappa shape index (κ2) is 11.7. The molecule has 1 aliphatic rings. The van der Waals surface area contributed by atoms with Gasteiger partial charge in [-0.1, -0.05) is 18.3 Å². The van der Waals surface area contributed by atoms with E-state index in [1.807, 2.05) is 0 Å². The van der Waals surface area contributed by atoms with Crippen LogP contribution in [-0.4, -0.2) is 69.0 Å². The van der Waals surface area contributed by atoms with E-state index in [9.17, 15) is 14.4 Å². The van der Waals surface area contributed by atoms with Gasteiger partial charge in [0, 0.05) is 11.8 Å². The molecule has 0 bridgehead atoms. The Morgan fingerprint density at radius 3 is 2.65 bits per heavy atom. The molecule has 1 rings (SSSR count). The van der Waals surface area contributed by atoms with Gasteiger partial charge >= 0.3 is 12.1 Å². The van der Waals surface area contributed by atoms with E-state index in [-0.39, 0.29) is 50.8 Å². The van der Waals surface area contributed by atoms with E-state index in [0.29, 0.717) is 0 Å². The molecule has 0 atom stereocenters. The van der Waals surface area contributed by atoms with Gasteiger partial charge in [0.05, 0.1) is 19.8 Å². The first-order valence-corrected chi connectivity index (χ1v) is 7.79. The maximum atomic E-state index is 11.4. The summed E-state index contributed by atoms with van der Waals surface area (Å²) < 4.78 is 24.4. The van der Waals surface area contributed by atoms with Crippen LogP contribution in [0.3, 0.4) is 0 Å². The lowest BCUT2D eigenvalue weighted by molar-refractivity contribution is -0.157. The molecule has 9 nitrogen and oxygen atoms in total. The molecule has 130 valence electrons. The molecule has 10 heteroatoms. The minimum atomic E-state index is -0.832. The highest BCUT2D eigenvalue weighted by Crippen LogP contribution is 2.05. The van der Waals surface area contributed by atoms with Crippen molar-refractivity contribution >= 4 is 29.1 Å². The van der Waals surface area contributed by atoms with Crippen LogP contribution in [0.5, 0.6) is 0 Å². The highest BCUT2D eigenvalue weighted by molar-refractivity contribution is 8.13. The molecule has 0 aromatic carbocycles. The molecular weight excluding hydrogens is 330 g/mol. The standard InChI is InChI=1S/C13H19NO8S/c1-2-11(15)20-4-3-14-12(16)23-6-5-21-13(17)22-10-7-18-9-19-8-10/h2,10H,1,3-9H2,(H,14,16). The van der Waals surface area contributed by atoms with Gasteiger partial charge in [0.1, 0.15) is 20.0 Å². The van der Waals surface area contributed by atoms with Crippen LogP contribution < -0.4 is 5.32 Å². The van der Waals surface area contributed by atoms with Crippen molar-refractivity contribution in [2.75, 3.05) is 45.5 Å². The molecular formula is C13H19NO8S. The second-order valence-electron chi connectivity index (χ2n) is 4.13. The van der Waals surface area contributed by atoms with Crippen LogP contribution in [0.1, 0.15) is 0 Å².